The lowest BCUT2D eigenvalue weighted by atomic mass is 9.87. The van der Waals surface area contributed by atoms with Crippen LogP contribution in [0.5, 0.6) is 0 Å². The Balaban J connectivity index is 1.91. The molecule has 1 saturated carbocycles. The molecule has 2 unspecified atom stereocenters. The maximum Gasteiger partial charge on any atom is 0.255 e. The predicted molar refractivity (Wildman–Crippen MR) is 141 cm³/mol. The van der Waals surface area contributed by atoms with Gasteiger partial charge in [0.25, 0.3) is 5.91 Å². The zero-order valence-electron chi connectivity index (χ0n) is 21.5. The summed E-state index contributed by atoms with van der Waals surface area (Å²) in [6, 6.07) is 4.67. The van der Waals surface area contributed by atoms with Crippen molar-refractivity contribution in [3.8, 4) is 0 Å². The molecule has 1 amide bonds. The van der Waals surface area contributed by atoms with Gasteiger partial charge in [-0.15, -0.1) is 0 Å². The van der Waals surface area contributed by atoms with Crippen LogP contribution in [0.2, 0.25) is 5.02 Å². The van der Waals surface area contributed by atoms with E-state index < -0.39 is 60.0 Å². The molecule has 39 heavy (non-hydrogen) atoms. The first kappa shape index (κ1) is 31.3. The van der Waals surface area contributed by atoms with E-state index in [1.165, 1.54) is 12.1 Å². The molecule has 14 heteroatoms. The van der Waals surface area contributed by atoms with Crippen LogP contribution < -0.4 is 10.0 Å². The van der Waals surface area contributed by atoms with Gasteiger partial charge in [0.2, 0.25) is 10.0 Å². The molecule has 0 heterocycles. The lowest BCUT2D eigenvalue weighted by Gasteiger charge is -2.33. The molecule has 3 rings (SSSR count). The van der Waals surface area contributed by atoms with Gasteiger partial charge in [-0.25, -0.2) is 34.7 Å². The van der Waals surface area contributed by atoms with Crippen molar-refractivity contribution in [2.24, 2.45) is 11.8 Å². The van der Waals surface area contributed by atoms with E-state index >= 15 is 0 Å². The van der Waals surface area contributed by atoms with Crippen molar-refractivity contribution in [2.45, 2.75) is 55.3 Å². The van der Waals surface area contributed by atoms with Crippen molar-refractivity contribution in [3.05, 3.63) is 58.4 Å². The summed E-state index contributed by atoms with van der Waals surface area (Å²) in [5.74, 6) is -6.49. The third-order valence-corrected chi connectivity index (χ3v) is 10.7. The number of aliphatic hydroxyl groups is 1. The first-order valence-electron chi connectivity index (χ1n) is 12.1. The van der Waals surface area contributed by atoms with Crippen LogP contribution >= 0.6 is 11.6 Å². The van der Waals surface area contributed by atoms with Gasteiger partial charge in [0.1, 0.15) is 0 Å². The zero-order chi connectivity index (χ0) is 29.3. The maximum atomic E-state index is 13.9. The SMILES string of the molecule is CC[C@](O)(CNS(C)(=O)=O)C[C@@H]1CCC(C)C1S(=O)(=O)c1cc(C(=O)Nc2cc(F)c(F)c(F)c2)ccc1Cl. The predicted octanol–water partition coefficient (Wildman–Crippen LogP) is 4.28. The van der Waals surface area contributed by atoms with Gasteiger partial charge in [-0.2, -0.15) is 0 Å². The number of hydrogen-bond donors (Lipinski definition) is 3. The summed E-state index contributed by atoms with van der Waals surface area (Å²) in [5.41, 5.74) is -2.04. The van der Waals surface area contributed by atoms with Gasteiger partial charge in [-0.1, -0.05) is 25.4 Å². The van der Waals surface area contributed by atoms with Gasteiger partial charge in [0.15, 0.2) is 27.3 Å². The molecule has 1 aliphatic carbocycles. The van der Waals surface area contributed by atoms with Crippen LogP contribution in [-0.2, 0) is 19.9 Å². The van der Waals surface area contributed by atoms with Crippen molar-refractivity contribution in [1.82, 2.24) is 4.72 Å². The Morgan fingerprint density at radius 3 is 2.28 bits per heavy atom. The normalized spacial score (nSPS) is 21.5. The van der Waals surface area contributed by atoms with Crippen molar-refractivity contribution < 1.29 is 39.9 Å². The molecule has 0 saturated heterocycles. The Morgan fingerprint density at radius 1 is 1.10 bits per heavy atom. The summed E-state index contributed by atoms with van der Waals surface area (Å²) < 4.78 is 93.5. The first-order valence-corrected chi connectivity index (χ1v) is 16.0. The summed E-state index contributed by atoms with van der Waals surface area (Å²) in [4.78, 5) is 12.4. The minimum atomic E-state index is -4.17. The summed E-state index contributed by atoms with van der Waals surface area (Å²) in [5, 5.41) is 12.2. The smallest absolute Gasteiger partial charge is 0.255 e. The highest BCUT2D eigenvalue weighted by Gasteiger charge is 2.46. The van der Waals surface area contributed by atoms with Gasteiger partial charge >= 0.3 is 0 Å². The monoisotopic (exact) mass is 610 g/mol. The number of hydrogen-bond acceptors (Lipinski definition) is 6. The number of nitrogens with one attached hydrogen (secondary N) is 2. The van der Waals surface area contributed by atoms with Crippen molar-refractivity contribution in [1.29, 1.82) is 0 Å². The molecule has 4 atom stereocenters. The third kappa shape index (κ3) is 7.31. The van der Waals surface area contributed by atoms with E-state index in [2.05, 4.69) is 10.0 Å². The fraction of sp³-hybridized carbons (Fsp3) is 0.480. The Labute approximate surface area is 230 Å². The van der Waals surface area contributed by atoms with Crippen LogP contribution in [0.4, 0.5) is 18.9 Å². The van der Waals surface area contributed by atoms with Gasteiger partial charge < -0.3 is 10.4 Å². The van der Waals surface area contributed by atoms with Crippen molar-refractivity contribution in [2.75, 3.05) is 18.1 Å². The van der Waals surface area contributed by atoms with E-state index in [9.17, 15) is 39.9 Å². The summed E-state index contributed by atoms with van der Waals surface area (Å²) in [6.45, 7) is 3.15. The molecular weight excluding hydrogens is 581 g/mol. The molecule has 8 nitrogen and oxygen atoms in total. The molecule has 0 aromatic heterocycles. The van der Waals surface area contributed by atoms with Gasteiger partial charge in [0, 0.05) is 29.9 Å². The number of rotatable bonds is 10. The number of anilines is 1. The lowest BCUT2D eigenvalue weighted by molar-refractivity contribution is 0.0175. The first-order chi connectivity index (χ1) is 18.0. The average Bonchev–Trinajstić information content (AvgIpc) is 3.21. The number of amides is 1. The summed E-state index contributed by atoms with van der Waals surface area (Å²) in [7, 11) is -7.76. The Bertz CT molecular complexity index is 1450. The van der Waals surface area contributed by atoms with Gasteiger partial charge in [-0.05, 0) is 55.7 Å². The van der Waals surface area contributed by atoms with E-state index in [-0.39, 0.29) is 46.5 Å². The fourth-order valence-electron chi connectivity index (χ4n) is 4.98. The van der Waals surface area contributed by atoms with Crippen LogP contribution in [-0.4, -0.2) is 51.5 Å². The van der Waals surface area contributed by atoms with Crippen LogP contribution in [0.1, 0.15) is 49.9 Å². The van der Waals surface area contributed by atoms with Crippen LogP contribution in [0.15, 0.2) is 35.2 Å². The molecule has 0 bridgehead atoms. The Hall–Kier alpha value is -2.19. The largest absolute Gasteiger partial charge is 0.389 e. The molecule has 1 fully saturated rings. The molecular formula is C25H30ClF3N2O6S2. The zero-order valence-corrected chi connectivity index (χ0v) is 23.9. The number of sulfonamides is 1. The lowest BCUT2D eigenvalue weighted by Crippen LogP contribution is -2.45. The third-order valence-electron chi connectivity index (χ3n) is 7.08. The van der Waals surface area contributed by atoms with E-state index in [0.29, 0.717) is 25.0 Å². The average molecular weight is 611 g/mol. The topological polar surface area (TPSA) is 130 Å². The molecule has 216 valence electrons. The molecule has 1 aliphatic rings. The highest BCUT2D eigenvalue weighted by Crippen LogP contribution is 2.44. The minimum absolute atomic E-state index is 0.0136. The number of sulfone groups is 1. The number of carbonyl (C=O) groups is 1. The van der Waals surface area contributed by atoms with Crippen LogP contribution in [0.25, 0.3) is 0 Å². The molecule has 2 aromatic rings. The second-order valence-electron chi connectivity index (χ2n) is 10.1. The molecule has 3 N–H and O–H groups in total. The van der Waals surface area contributed by atoms with Crippen molar-refractivity contribution in [3.63, 3.8) is 0 Å². The van der Waals surface area contributed by atoms with Gasteiger partial charge in [0.05, 0.1) is 27.0 Å². The minimum Gasteiger partial charge on any atom is -0.389 e. The van der Waals surface area contributed by atoms with Gasteiger partial charge in [-0.3, -0.25) is 4.79 Å². The van der Waals surface area contributed by atoms with Crippen LogP contribution in [0, 0.1) is 29.3 Å². The number of carbonyl (C=O) groups excluding carboxylic acids is 1. The highest BCUT2D eigenvalue weighted by atomic mass is 35.5. The Morgan fingerprint density at radius 2 is 1.72 bits per heavy atom. The van der Waals surface area contributed by atoms with Crippen molar-refractivity contribution >= 4 is 43.1 Å². The molecule has 0 spiro atoms. The molecule has 2 aromatic carbocycles. The van der Waals surface area contributed by atoms with E-state index in [4.69, 9.17) is 11.6 Å². The maximum absolute atomic E-state index is 13.9. The Kier molecular flexibility index (Phi) is 9.43. The molecule has 0 radical (unpaired) electrons. The number of benzene rings is 2. The standard InChI is InChI=1S/C25H30ClF3N2O6S2/c1-4-25(33,13-30-38(3,34)35)12-16-6-5-14(2)23(16)39(36,37)21-9-15(7-8-18(21)26)24(32)31-17-10-19(27)22(29)20(28)11-17/h7-11,14,16,23,30,33H,4-6,12-13H2,1-3H3,(H,31,32)/t14?,16-,23?,25+/m0/s1. The quantitative estimate of drug-likeness (QED) is 0.345. The summed E-state index contributed by atoms with van der Waals surface area (Å²) in [6.07, 6.45) is 2.15. The number of halogens is 4. The summed E-state index contributed by atoms with van der Waals surface area (Å²) >= 11 is 6.26. The van der Waals surface area contributed by atoms with Crippen LogP contribution in [0.3, 0.4) is 0 Å². The second kappa shape index (κ2) is 11.7. The van der Waals surface area contributed by atoms with E-state index in [1.54, 1.807) is 13.8 Å². The molecule has 0 aliphatic heterocycles. The highest BCUT2D eigenvalue weighted by molar-refractivity contribution is 7.92. The van der Waals surface area contributed by atoms with E-state index in [0.717, 1.165) is 12.3 Å². The van der Waals surface area contributed by atoms with E-state index in [1.807, 2.05) is 0 Å². The fourth-order valence-corrected chi connectivity index (χ4v) is 8.36. The second-order valence-corrected chi connectivity index (χ2v) is 14.4.